The molecular formula is C18H21F2N3. The molecule has 2 atom stereocenters. The van der Waals surface area contributed by atoms with Gasteiger partial charge in [-0.05, 0) is 57.7 Å². The maximum Gasteiger partial charge on any atom is 0.128 e. The molecule has 23 heavy (non-hydrogen) atoms. The number of hydrogen-bond acceptors (Lipinski definition) is 3. The molecule has 0 bridgehead atoms. The second-order valence-electron chi connectivity index (χ2n) is 6.33. The number of aryl methyl sites for hydroxylation is 2. The lowest BCUT2D eigenvalue weighted by Gasteiger charge is -2.25. The smallest absolute Gasteiger partial charge is 0.128 e. The summed E-state index contributed by atoms with van der Waals surface area (Å²) in [6.07, 6.45) is 3.87. The number of nitrogens with zero attached hydrogens (tertiary/aromatic N) is 2. The largest absolute Gasteiger partial charge is 0.303 e. The summed E-state index contributed by atoms with van der Waals surface area (Å²) in [4.78, 5) is 8.63. The number of rotatable bonds is 5. The van der Waals surface area contributed by atoms with E-state index in [4.69, 9.17) is 0 Å². The van der Waals surface area contributed by atoms with Crippen LogP contribution >= 0.6 is 0 Å². The third-order valence-corrected chi connectivity index (χ3v) is 4.42. The summed E-state index contributed by atoms with van der Waals surface area (Å²) >= 11 is 0. The molecule has 0 aliphatic heterocycles. The molecule has 1 saturated carbocycles. The van der Waals surface area contributed by atoms with Crippen molar-refractivity contribution in [3.8, 4) is 0 Å². The molecule has 1 fully saturated rings. The van der Waals surface area contributed by atoms with Crippen molar-refractivity contribution in [2.75, 3.05) is 0 Å². The molecule has 1 aliphatic rings. The predicted molar refractivity (Wildman–Crippen MR) is 84.9 cm³/mol. The van der Waals surface area contributed by atoms with Gasteiger partial charge in [-0.25, -0.2) is 18.7 Å². The standard InChI is InChI=1S/C18H21F2N3/c1-10-16(9-21-12(3)22-10)11(2)23-18(13-4-5-13)15-8-14(19)6-7-17(15)20/h6-9,11,13,18,23H,4-5H2,1-3H3/t11-,18+/m0/s1. The molecule has 1 aliphatic carbocycles. The van der Waals surface area contributed by atoms with Crippen LogP contribution in [0.2, 0.25) is 0 Å². The molecule has 0 saturated heterocycles. The number of halogens is 2. The van der Waals surface area contributed by atoms with Crippen LogP contribution in [0.5, 0.6) is 0 Å². The zero-order valence-electron chi connectivity index (χ0n) is 13.6. The van der Waals surface area contributed by atoms with Crippen LogP contribution in [0.3, 0.4) is 0 Å². The van der Waals surface area contributed by atoms with Crippen LogP contribution in [0.25, 0.3) is 0 Å². The highest BCUT2D eigenvalue weighted by atomic mass is 19.1. The summed E-state index contributed by atoms with van der Waals surface area (Å²) < 4.78 is 27.7. The first kappa shape index (κ1) is 16.0. The van der Waals surface area contributed by atoms with Gasteiger partial charge in [-0.3, -0.25) is 0 Å². The van der Waals surface area contributed by atoms with Crippen molar-refractivity contribution in [3.63, 3.8) is 0 Å². The van der Waals surface area contributed by atoms with Crippen molar-refractivity contribution in [2.45, 2.75) is 45.7 Å². The molecule has 5 heteroatoms. The Balaban J connectivity index is 1.86. The third kappa shape index (κ3) is 3.55. The Kier molecular flexibility index (Phi) is 4.39. The average Bonchev–Trinajstić information content (AvgIpc) is 3.32. The van der Waals surface area contributed by atoms with Crippen LogP contribution in [0, 0.1) is 31.4 Å². The van der Waals surface area contributed by atoms with E-state index in [2.05, 4.69) is 15.3 Å². The Bertz CT molecular complexity index is 713. The summed E-state index contributed by atoms with van der Waals surface area (Å²) in [5.41, 5.74) is 2.30. The van der Waals surface area contributed by atoms with Crippen LogP contribution in [0.4, 0.5) is 8.78 Å². The topological polar surface area (TPSA) is 37.8 Å². The van der Waals surface area contributed by atoms with Gasteiger partial charge in [0.05, 0.1) is 0 Å². The minimum Gasteiger partial charge on any atom is -0.303 e. The minimum atomic E-state index is -0.406. The first-order valence-electron chi connectivity index (χ1n) is 7.97. The predicted octanol–water partition coefficient (Wildman–Crippen LogP) is 4.17. The zero-order chi connectivity index (χ0) is 16.6. The quantitative estimate of drug-likeness (QED) is 0.899. The lowest BCUT2D eigenvalue weighted by Crippen LogP contribution is -2.28. The highest BCUT2D eigenvalue weighted by Crippen LogP contribution is 2.43. The molecule has 0 spiro atoms. The van der Waals surface area contributed by atoms with Gasteiger partial charge in [0.15, 0.2) is 0 Å². The van der Waals surface area contributed by atoms with Gasteiger partial charge >= 0.3 is 0 Å². The molecule has 2 aromatic rings. The third-order valence-electron chi connectivity index (χ3n) is 4.42. The number of nitrogens with one attached hydrogen (secondary N) is 1. The summed E-state index contributed by atoms with van der Waals surface area (Å²) in [6.45, 7) is 5.80. The highest BCUT2D eigenvalue weighted by Gasteiger charge is 2.35. The van der Waals surface area contributed by atoms with Crippen molar-refractivity contribution < 1.29 is 8.78 Å². The van der Waals surface area contributed by atoms with Crippen molar-refractivity contribution in [1.82, 2.24) is 15.3 Å². The molecule has 0 amide bonds. The van der Waals surface area contributed by atoms with Crippen molar-refractivity contribution in [3.05, 3.63) is 58.7 Å². The van der Waals surface area contributed by atoms with E-state index in [1.165, 1.54) is 12.1 Å². The molecule has 1 aromatic carbocycles. The van der Waals surface area contributed by atoms with Gasteiger partial charge in [-0.1, -0.05) is 0 Å². The van der Waals surface area contributed by atoms with Gasteiger partial charge in [-0.2, -0.15) is 0 Å². The Hall–Kier alpha value is -1.88. The van der Waals surface area contributed by atoms with Gasteiger partial charge in [0.2, 0.25) is 0 Å². The van der Waals surface area contributed by atoms with E-state index in [1.807, 2.05) is 20.8 Å². The Morgan fingerprint density at radius 3 is 2.57 bits per heavy atom. The minimum absolute atomic E-state index is 0.0381. The molecule has 3 rings (SSSR count). The Morgan fingerprint density at radius 2 is 1.91 bits per heavy atom. The maximum atomic E-state index is 14.2. The van der Waals surface area contributed by atoms with E-state index in [9.17, 15) is 8.78 Å². The average molecular weight is 317 g/mol. The summed E-state index contributed by atoms with van der Waals surface area (Å²) in [6, 6.07) is 3.43. The van der Waals surface area contributed by atoms with Gasteiger partial charge in [-0.15, -0.1) is 0 Å². The van der Waals surface area contributed by atoms with Crippen LogP contribution < -0.4 is 5.32 Å². The zero-order valence-corrected chi connectivity index (χ0v) is 13.6. The van der Waals surface area contributed by atoms with Crippen LogP contribution in [0.15, 0.2) is 24.4 Å². The summed E-state index contributed by atoms with van der Waals surface area (Å²) in [5, 5.41) is 3.45. The van der Waals surface area contributed by atoms with E-state index in [-0.39, 0.29) is 17.9 Å². The normalized spacial score (nSPS) is 17.1. The van der Waals surface area contributed by atoms with Crippen molar-refractivity contribution in [2.24, 2.45) is 5.92 Å². The fraction of sp³-hybridized carbons (Fsp3) is 0.444. The lowest BCUT2D eigenvalue weighted by atomic mass is 9.99. The molecule has 122 valence electrons. The van der Waals surface area contributed by atoms with Gasteiger partial charge in [0.1, 0.15) is 17.5 Å². The molecule has 3 nitrogen and oxygen atoms in total. The molecular weight excluding hydrogens is 296 g/mol. The fourth-order valence-corrected chi connectivity index (χ4v) is 3.04. The number of aromatic nitrogens is 2. The van der Waals surface area contributed by atoms with E-state index in [1.54, 1.807) is 6.20 Å². The molecule has 0 unspecified atom stereocenters. The van der Waals surface area contributed by atoms with Gasteiger partial charge < -0.3 is 5.32 Å². The second kappa shape index (κ2) is 6.32. The Labute approximate surface area is 135 Å². The first-order chi connectivity index (χ1) is 11.0. The van der Waals surface area contributed by atoms with Crippen LogP contribution in [-0.4, -0.2) is 9.97 Å². The molecule has 1 heterocycles. The highest BCUT2D eigenvalue weighted by molar-refractivity contribution is 5.26. The maximum absolute atomic E-state index is 14.2. The van der Waals surface area contributed by atoms with E-state index < -0.39 is 5.82 Å². The first-order valence-corrected chi connectivity index (χ1v) is 7.97. The number of benzene rings is 1. The monoisotopic (exact) mass is 317 g/mol. The molecule has 1 aromatic heterocycles. The van der Waals surface area contributed by atoms with Crippen molar-refractivity contribution in [1.29, 1.82) is 0 Å². The van der Waals surface area contributed by atoms with Crippen molar-refractivity contribution >= 4 is 0 Å². The summed E-state index contributed by atoms with van der Waals surface area (Å²) in [5.74, 6) is 0.310. The lowest BCUT2D eigenvalue weighted by molar-refractivity contribution is 0.408. The van der Waals surface area contributed by atoms with E-state index in [0.717, 1.165) is 36.0 Å². The van der Waals surface area contributed by atoms with Gasteiger partial charge in [0, 0.05) is 35.1 Å². The van der Waals surface area contributed by atoms with E-state index in [0.29, 0.717) is 11.5 Å². The summed E-state index contributed by atoms with van der Waals surface area (Å²) in [7, 11) is 0. The van der Waals surface area contributed by atoms with Crippen LogP contribution in [-0.2, 0) is 0 Å². The molecule has 0 radical (unpaired) electrons. The second-order valence-corrected chi connectivity index (χ2v) is 6.33. The van der Waals surface area contributed by atoms with Gasteiger partial charge in [0.25, 0.3) is 0 Å². The van der Waals surface area contributed by atoms with Crippen LogP contribution in [0.1, 0.15) is 54.5 Å². The Morgan fingerprint density at radius 1 is 1.17 bits per heavy atom. The van der Waals surface area contributed by atoms with E-state index >= 15 is 0 Å². The molecule has 1 N–H and O–H groups in total. The SMILES string of the molecule is Cc1ncc([C@H](C)N[C@@H](c2cc(F)ccc2F)C2CC2)c(C)n1. The fourth-order valence-electron chi connectivity index (χ4n) is 3.04. The number of hydrogen-bond donors (Lipinski definition) is 1.